The number of hydrogen-bond donors (Lipinski definition) is 1. The van der Waals surface area contributed by atoms with Crippen molar-refractivity contribution in [2.24, 2.45) is 0 Å². The molecular weight excluding hydrogens is 324 g/mol. The molecule has 130 valence electrons. The Hall–Kier alpha value is -2.97. The number of nitrogens with one attached hydrogen (secondary N) is 1. The molecule has 0 radical (unpaired) electrons. The summed E-state index contributed by atoms with van der Waals surface area (Å²) in [5, 5.41) is 15.1. The van der Waals surface area contributed by atoms with E-state index in [1.807, 2.05) is 6.92 Å². The van der Waals surface area contributed by atoms with Gasteiger partial charge in [0, 0.05) is 31.8 Å². The van der Waals surface area contributed by atoms with Crippen LogP contribution in [-0.4, -0.2) is 36.9 Å². The van der Waals surface area contributed by atoms with Gasteiger partial charge in [-0.2, -0.15) is 4.98 Å². The fraction of sp³-hybridized carbons (Fsp3) is 0.438. The van der Waals surface area contributed by atoms with E-state index in [0.717, 1.165) is 24.5 Å². The Balaban J connectivity index is 1.29. The van der Waals surface area contributed by atoms with Crippen molar-refractivity contribution in [1.82, 2.24) is 30.2 Å². The second kappa shape index (κ2) is 6.50. The largest absolute Gasteiger partial charge is 0.461 e. The van der Waals surface area contributed by atoms with Crippen LogP contribution in [0.25, 0.3) is 11.6 Å². The van der Waals surface area contributed by atoms with E-state index in [1.165, 1.54) is 0 Å². The zero-order chi connectivity index (χ0) is 17.2. The Bertz CT molecular complexity index is 866. The molecule has 9 heteroatoms. The monoisotopic (exact) mass is 342 g/mol. The summed E-state index contributed by atoms with van der Waals surface area (Å²) in [5.41, 5.74) is 0. The first-order valence-electron chi connectivity index (χ1n) is 8.23. The summed E-state index contributed by atoms with van der Waals surface area (Å²) in [6, 6.07) is 3.61. The van der Waals surface area contributed by atoms with E-state index < -0.39 is 0 Å². The molecule has 0 spiro atoms. The Labute approximate surface area is 143 Å². The number of carbonyl (C=O) groups is 1. The first kappa shape index (κ1) is 15.6. The molecule has 1 N–H and O–H groups in total. The lowest BCUT2D eigenvalue weighted by molar-refractivity contribution is -0.122. The van der Waals surface area contributed by atoms with Gasteiger partial charge in [0.05, 0.1) is 6.26 Å². The zero-order valence-corrected chi connectivity index (χ0v) is 13.8. The molecule has 1 atom stereocenters. The smallest absolute Gasteiger partial charge is 0.238 e. The summed E-state index contributed by atoms with van der Waals surface area (Å²) in [6.07, 6.45) is 3.93. The third-order valence-corrected chi connectivity index (χ3v) is 4.27. The molecule has 1 aliphatic rings. The van der Waals surface area contributed by atoms with E-state index >= 15 is 0 Å². The van der Waals surface area contributed by atoms with Gasteiger partial charge in [-0.25, -0.2) is 0 Å². The van der Waals surface area contributed by atoms with E-state index in [0.29, 0.717) is 36.9 Å². The zero-order valence-electron chi connectivity index (χ0n) is 13.8. The van der Waals surface area contributed by atoms with Crippen molar-refractivity contribution in [3.8, 4) is 11.6 Å². The maximum atomic E-state index is 12.2. The summed E-state index contributed by atoms with van der Waals surface area (Å²) in [7, 11) is 0. The van der Waals surface area contributed by atoms with Gasteiger partial charge in [0.15, 0.2) is 5.76 Å². The molecule has 0 fully saturated rings. The van der Waals surface area contributed by atoms with Crippen LogP contribution in [0.1, 0.15) is 30.4 Å². The molecule has 4 rings (SSSR count). The average Bonchev–Trinajstić information content (AvgIpc) is 3.34. The van der Waals surface area contributed by atoms with Gasteiger partial charge in [-0.05, 0) is 25.5 Å². The second-order valence-electron chi connectivity index (χ2n) is 6.07. The molecule has 3 aromatic heterocycles. The van der Waals surface area contributed by atoms with Gasteiger partial charge in [-0.15, -0.1) is 10.2 Å². The quantitative estimate of drug-likeness (QED) is 0.743. The topological polar surface area (TPSA) is 112 Å². The molecule has 25 heavy (non-hydrogen) atoms. The summed E-state index contributed by atoms with van der Waals surface area (Å²) in [4.78, 5) is 16.4. The number of amides is 1. The summed E-state index contributed by atoms with van der Waals surface area (Å²) >= 11 is 0. The number of nitrogens with zero attached hydrogens (tertiary/aromatic N) is 5. The number of aryl methyl sites for hydroxylation is 3. The minimum atomic E-state index is -0.0306. The van der Waals surface area contributed by atoms with Gasteiger partial charge in [0.1, 0.15) is 11.6 Å². The highest BCUT2D eigenvalue weighted by molar-refractivity contribution is 5.76. The Kier molecular flexibility index (Phi) is 4.04. The number of rotatable bonds is 5. The van der Waals surface area contributed by atoms with Crippen LogP contribution in [0.2, 0.25) is 0 Å². The Morgan fingerprint density at radius 3 is 3.20 bits per heavy atom. The normalized spacial score (nSPS) is 16.6. The van der Waals surface area contributed by atoms with E-state index in [4.69, 9.17) is 8.94 Å². The van der Waals surface area contributed by atoms with Gasteiger partial charge in [0.2, 0.25) is 17.6 Å². The van der Waals surface area contributed by atoms with Gasteiger partial charge in [0.25, 0.3) is 0 Å². The van der Waals surface area contributed by atoms with Crippen molar-refractivity contribution in [3.63, 3.8) is 0 Å². The minimum Gasteiger partial charge on any atom is -0.461 e. The number of furan rings is 1. The standard InChI is InChI=1S/C16H18N6O3/c1-10-19-20-13-5-4-11(9-22(10)13)17-14(23)6-7-15-18-16(21-25-15)12-3-2-8-24-12/h2-3,8,11H,4-7,9H2,1H3,(H,17,23)/t11-/m1/s1. The number of aromatic nitrogens is 5. The average molecular weight is 342 g/mol. The van der Waals surface area contributed by atoms with E-state index in [1.54, 1.807) is 18.4 Å². The summed E-state index contributed by atoms with van der Waals surface area (Å²) in [5.74, 6) is 3.19. The molecule has 1 amide bonds. The van der Waals surface area contributed by atoms with Crippen molar-refractivity contribution in [3.05, 3.63) is 35.9 Å². The Morgan fingerprint density at radius 2 is 2.36 bits per heavy atom. The van der Waals surface area contributed by atoms with E-state index in [9.17, 15) is 4.79 Å². The molecule has 0 saturated heterocycles. The molecule has 9 nitrogen and oxygen atoms in total. The maximum Gasteiger partial charge on any atom is 0.238 e. The Morgan fingerprint density at radius 1 is 1.44 bits per heavy atom. The molecule has 0 saturated carbocycles. The van der Waals surface area contributed by atoms with Crippen LogP contribution < -0.4 is 5.32 Å². The minimum absolute atomic E-state index is 0.0306. The molecule has 0 unspecified atom stereocenters. The maximum absolute atomic E-state index is 12.2. The molecule has 4 heterocycles. The van der Waals surface area contributed by atoms with Crippen LogP contribution in [0.4, 0.5) is 0 Å². The predicted octanol–water partition coefficient (Wildman–Crippen LogP) is 1.29. The van der Waals surface area contributed by atoms with Gasteiger partial charge in [-0.1, -0.05) is 5.16 Å². The summed E-state index contributed by atoms with van der Waals surface area (Å²) < 4.78 is 12.4. The molecule has 0 aromatic carbocycles. The fourth-order valence-electron chi connectivity index (χ4n) is 2.96. The van der Waals surface area contributed by atoms with E-state index in [2.05, 4.69) is 30.2 Å². The first-order chi connectivity index (χ1) is 12.2. The fourth-order valence-corrected chi connectivity index (χ4v) is 2.96. The van der Waals surface area contributed by atoms with Crippen molar-refractivity contribution in [1.29, 1.82) is 0 Å². The number of fused-ring (bicyclic) bond motifs is 1. The van der Waals surface area contributed by atoms with Crippen molar-refractivity contribution in [2.75, 3.05) is 0 Å². The lowest BCUT2D eigenvalue weighted by Gasteiger charge is -2.24. The highest BCUT2D eigenvalue weighted by Crippen LogP contribution is 2.17. The van der Waals surface area contributed by atoms with Gasteiger partial charge >= 0.3 is 0 Å². The van der Waals surface area contributed by atoms with Crippen molar-refractivity contribution >= 4 is 5.91 Å². The third-order valence-electron chi connectivity index (χ3n) is 4.27. The molecule has 3 aromatic rings. The van der Waals surface area contributed by atoms with E-state index in [-0.39, 0.29) is 11.9 Å². The number of hydrogen-bond acceptors (Lipinski definition) is 7. The van der Waals surface area contributed by atoms with Crippen molar-refractivity contribution < 1.29 is 13.7 Å². The van der Waals surface area contributed by atoms with Crippen LogP contribution in [0.15, 0.2) is 27.3 Å². The second-order valence-corrected chi connectivity index (χ2v) is 6.07. The van der Waals surface area contributed by atoms with Gasteiger partial charge < -0.3 is 18.8 Å². The van der Waals surface area contributed by atoms with Gasteiger partial charge in [-0.3, -0.25) is 4.79 Å². The van der Waals surface area contributed by atoms with Crippen LogP contribution in [0, 0.1) is 6.92 Å². The van der Waals surface area contributed by atoms with Crippen LogP contribution in [-0.2, 0) is 24.2 Å². The highest BCUT2D eigenvalue weighted by Gasteiger charge is 2.23. The third kappa shape index (κ3) is 3.30. The lowest BCUT2D eigenvalue weighted by Crippen LogP contribution is -2.41. The summed E-state index contributed by atoms with van der Waals surface area (Å²) in [6.45, 7) is 2.63. The lowest BCUT2D eigenvalue weighted by atomic mass is 10.1. The van der Waals surface area contributed by atoms with Crippen LogP contribution in [0.3, 0.4) is 0 Å². The molecular formula is C16H18N6O3. The van der Waals surface area contributed by atoms with Crippen LogP contribution in [0.5, 0.6) is 0 Å². The van der Waals surface area contributed by atoms with Crippen LogP contribution >= 0.6 is 0 Å². The molecule has 1 aliphatic heterocycles. The SMILES string of the molecule is Cc1nnc2n1C[C@H](NC(=O)CCc1nc(-c3ccco3)no1)CC2. The first-order valence-corrected chi connectivity index (χ1v) is 8.23. The molecule has 0 bridgehead atoms. The van der Waals surface area contributed by atoms with Crippen molar-refractivity contribution in [2.45, 2.75) is 45.2 Å². The highest BCUT2D eigenvalue weighted by atomic mass is 16.5. The molecule has 0 aliphatic carbocycles. The predicted molar refractivity (Wildman–Crippen MR) is 85.3 cm³/mol. The number of carbonyl (C=O) groups excluding carboxylic acids is 1.